The summed E-state index contributed by atoms with van der Waals surface area (Å²) >= 11 is 0. The average molecular weight is 346 g/mol. The lowest BCUT2D eigenvalue weighted by molar-refractivity contribution is -0.149. The summed E-state index contributed by atoms with van der Waals surface area (Å²) < 4.78 is 0. The van der Waals surface area contributed by atoms with Crippen LogP contribution in [0.1, 0.15) is 44.6 Å². The zero-order chi connectivity index (χ0) is 18.3. The third-order valence-electron chi connectivity index (χ3n) is 4.80. The lowest BCUT2D eigenvalue weighted by atomic mass is 9.77. The topological polar surface area (TPSA) is 95.5 Å². The van der Waals surface area contributed by atoms with Gasteiger partial charge >= 0.3 is 5.97 Å². The molecular weight excluding hydrogens is 320 g/mol. The smallest absolute Gasteiger partial charge is 0.329 e. The van der Waals surface area contributed by atoms with Crippen molar-refractivity contribution in [3.05, 3.63) is 35.9 Å². The van der Waals surface area contributed by atoms with Gasteiger partial charge in [-0.1, -0.05) is 37.3 Å². The van der Waals surface area contributed by atoms with Crippen LogP contribution in [0.15, 0.2) is 30.3 Å². The normalized spacial score (nSPS) is 22.8. The number of aliphatic carboxylic acids is 1. The van der Waals surface area contributed by atoms with E-state index in [9.17, 15) is 19.5 Å². The summed E-state index contributed by atoms with van der Waals surface area (Å²) in [6.45, 7) is 2.29. The van der Waals surface area contributed by atoms with Crippen molar-refractivity contribution in [3.8, 4) is 0 Å². The second-order valence-corrected chi connectivity index (χ2v) is 6.88. The number of carboxylic acid groups (broad SMARTS) is 1. The number of hydrogen-bond donors (Lipinski definition) is 3. The van der Waals surface area contributed by atoms with Gasteiger partial charge in [0.2, 0.25) is 11.8 Å². The number of benzene rings is 1. The van der Waals surface area contributed by atoms with E-state index in [0.717, 1.165) is 18.4 Å². The predicted molar refractivity (Wildman–Crippen MR) is 93.9 cm³/mol. The van der Waals surface area contributed by atoms with Crippen LogP contribution in [0, 0.1) is 5.92 Å². The molecule has 1 aromatic carbocycles. The van der Waals surface area contributed by atoms with Crippen molar-refractivity contribution >= 4 is 17.8 Å². The Morgan fingerprint density at radius 3 is 2.36 bits per heavy atom. The molecule has 1 aromatic rings. The zero-order valence-corrected chi connectivity index (χ0v) is 14.6. The van der Waals surface area contributed by atoms with Gasteiger partial charge in [-0.05, 0) is 37.2 Å². The van der Waals surface area contributed by atoms with Crippen LogP contribution in [0.5, 0.6) is 0 Å². The SMILES string of the molecule is CC1CCC(NC(=O)CCNC(=O)Cc2ccccc2)(C(=O)O)CC1. The van der Waals surface area contributed by atoms with Gasteiger partial charge in [0.15, 0.2) is 0 Å². The van der Waals surface area contributed by atoms with Crippen LogP contribution in [-0.2, 0) is 20.8 Å². The van der Waals surface area contributed by atoms with Crippen molar-refractivity contribution in [2.45, 2.75) is 51.0 Å². The number of carboxylic acids is 1. The van der Waals surface area contributed by atoms with Crippen LogP contribution in [0.25, 0.3) is 0 Å². The maximum Gasteiger partial charge on any atom is 0.329 e. The van der Waals surface area contributed by atoms with E-state index in [1.807, 2.05) is 30.3 Å². The van der Waals surface area contributed by atoms with Crippen LogP contribution in [0.3, 0.4) is 0 Å². The van der Waals surface area contributed by atoms with Gasteiger partial charge in [0.25, 0.3) is 0 Å². The van der Waals surface area contributed by atoms with Crippen molar-refractivity contribution in [2.75, 3.05) is 6.54 Å². The fraction of sp³-hybridized carbons (Fsp3) is 0.526. The van der Waals surface area contributed by atoms with Crippen LogP contribution in [0.4, 0.5) is 0 Å². The molecule has 0 bridgehead atoms. The fourth-order valence-corrected chi connectivity index (χ4v) is 3.14. The Morgan fingerprint density at radius 2 is 1.76 bits per heavy atom. The minimum absolute atomic E-state index is 0.0745. The Labute approximate surface area is 148 Å². The molecule has 6 heteroatoms. The standard InChI is InChI=1S/C19H26N2O4/c1-14-7-10-19(11-8-14,18(24)25)21-16(22)9-12-20-17(23)13-15-5-3-2-4-6-15/h2-6,14H,7-13H2,1H3,(H,20,23)(H,21,22)(H,24,25). The van der Waals surface area contributed by atoms with Crippen LogP contribution in [0.2, 0.25) is 0 Å². The van der Waals surface area contributed by atoms with E-state index < -0.39 is 11.5 Å². The zero-order valence-electron chi connectivity index (χ0n) is 14.6. The molecule has 0 radical (unpaired) electrons. The molecule has 0 aromatic heterocycles. The first kappa shape index (κ1) is 19.0. The second-order valence-electron chi connectivity index (χ2n) is 6.88. The van der Waals surface area contributed by atoms with E-state index >= 15 is 0 Å². The van der Waals surface area contributed by atoms with E-state index in [4.69, 9.17) is 0 Å². The van der Waals surface area contributed by atoms with Crippen molar-refractivity contribution in [1.29, 1.82) is 0 Å². The van der Waals surface area contributed by atoms with E-state index in [0.29, 0.717) is 18.8 Å². The highest BCUT2D eigenvalue weighted by Gasteiger charge is 2.42. The third-order valence-corrected chi connectivity index (χ3v) is 4.80. The molecule has 136 valence electrons. The highest BCUT2D eigenvalue weighted by atomic mass is 16.4. The molecular formula is C19H26N2O4. The molecule has 3 N–H and O–H groups in total. The molecule has 0 atom stereocenters. The number of hydrogen-bond acceptors (Lipinski definition) is 3. The van der Waals surface area contributed by atoms with Gasteiger partial charge in [-0.2, -0.15) is 0 Å². The Morgan fingerprint density at radius 1 is 1.12 bits per heavy atom. The number of carbonyl (C=O) groups excluding carboxylic acids is 2. The van der Waals surface area contributed by atoms with Crippen LogP contribution in [-0.4, -0.2) is 35.0 Å². The third kappa shape index (κ3) is 5.59. The summed E-state index contributed by atoms with van der Waals surface area (Å²) in [6, 6.07) is 9.36. The van der Waals surface area contributed by atoms with Crippen LogP contribution < -0.4 is 10.6 Å². The number of nitrogens with one attached hydrogen (secondary N) is 2. The molecule has 0 unspecified atom stereocenters. The molecule has 25 heavy (non-hydrogen) atoms. The Hall–Kier alpha value is -2.37. The monoisotopic (exact) mass is 346 g/mol. The van der Waals surface area contributed by atoms with E-state index in [1.165, 1.54) is 0 Å². The van der Waals surface area contributed by atoms with Gasteiger partial charge in [-0.3, -0.25) is 9.59 Å². The first-order valence-electron chi connectivity index (χ1n) is 8.76. The molecule has 0 heterocycles. The maximum absolute atomic E-state index is 12.1. The fourth-order valence-electron chi connectivity index (χ4n) is 3.14. The van der Waals surface area contributed by atoms with E-state index in [2.05, 4.69) is 17.6 Å². The highest BCUT2D eigenvalue weighted by molar-refractivity contribution is 5.87. The molecule has 1 aliphatic carbocycles. The minimum Gasteiger partial charge on any atom is -0.480 e. The molecule has 0 spiro atoms. The molecule has 1 fully saturated rings. The molecule has 0 aliphatic heterocycles. The minimum atomic E-state index is -1.16. The predicted octanol–water partition coefficient (Wildman–Crippen LogP) is 1.89. The first-order valence-corrected chi connectivity index (χ1v) is 8.76. The molecule has 0 saturated heterocycles. The van der Waals surface area contributed by atoms with Gasteiger partial charge in [0.05, 0.1) is 6.42 Å². The van der Waals surface area contributed by atoms with E-state index in [1.54, 1.807) is 0 Å². The van der Waals surface area contributed by atoms with Crippen molar-refractivity contribution < 1.29 is 19.5 Å². The van der Waals surface area contributed by atoms with E-state index in [-0.39, 0.29) is 31.2 Å². The van der Waals surface area contributed by atoms with Gasteiger partial charge in [-0.15, -0.1) is 0 Å². The lowest BCUT2D eigenvalue weighted by Crippen LogP contribution is -2.56. The largest absolute Gasteiger partial charge is 0.480 e. The Balaban J connectivity index is 1.76. The van der Waals surface area contributed by atoms with Gasteiger partial charge in [0.1, 0.15) is 5.54 Å². The molecule has 2 amide bonds. The summed E-state index contributed by atoms with van der Waals surface area (Å²) in [5.41, 5.74) is -0.247. The van der Waals surface area contributed by atoms with Gasteiger partial charge in [-0.25, -0.2) is 4.79 Å². The molecule has 1 saturated carbocycles. The molecule has 6 nitrogen and oxygen atoms in total. The van der Waals surface area contributed by atoms with Crippen LogP contribution >= 0.6 is 0 Å². The molecule has 1 aliphatic rings. The summed E-state index contributed by atoms with van der Waals surface area (Å²) in [6.07, 6.45) is 2.83. The van der Waals surface area contributed by atoms with Crippen molar-refractivity contribution in [2.24, 2.45) is 5.92 Å². The average Bonchev–Trinajstić information content (AvgIpc) is 2.58. The highest BCUT2D eigenvalue weighted by Crippen LogP contribution is 2.32. The Bertz CT molecular complexity index is 607. The number of carbonyl (C=O) groups is 3. The second kappa shape index (κ2) is 8.65. The Kier molecular flexibility index (Phi) is 6.56. The number of rotatable bonds is 7. The lowest BCUT2D eigenvalue weighted by Gasteiger charge is -2.36. The van der Waals surface area contributed by atoms with Crippen molar-refractivity contribution in [1.82, 2.24) is 10.6 Å². The quantitative estimate of drug-likeness (QED) is 0.702. The van der Waals surface area contributed by atoms with Crippen molar-refractivity contribution in [3.63, 3.8) is 0 Å². The maximum atomic E-state index is 12.1. The first-order chi connectivity index (χ1) is 11.9. The summed E-state index contributed by atoms with van der Waals surface area (Å²) in [7, 11) is 0. The van der Waals surface area contributed by atoms with Gasteiger partial charge < -0.3 is 15.7 Å². The summed E-state index contributed by atoms with van der Waals surface area (Å²) in [5, 5.41) is 14.9. The molecule has 2 rings (SSSR count). The summed E-state index contributed by atoms with van der Waals surface area (Å²) in [4.78, 5) is 35.6. The van der Waals surface area contributed by atoms with Gasteiger partial charge in [0, 0.05) is 13.0 Å². The summed E-state index contributed by atoms with van der Waals surface area (Å²) in [5.74, 6) is -0.974. The number of amides is 2.